The molecule has 1 aliphatic heterocycles. The van der Waals surface area contributed by atoms with E-state index in [0.29, 0.717) is 17.0 Å². The van der Waals surface area contributed by atoms with Gasteiger partial charge in [-0.2, -0.15) is 0 Å². The Bertz CT molecular complexity index is 1090. The fraction of sp³-hybridized carbons (Fsp3) is 0.118. The van der Waals surface area contributed by atoms with Gasteiger partial charge in [-0.05, 0) is 17.7 Å². The lowest BCUT2D eigenvalue weighted by Crippen LogP contribution is -2.26. The number of fused-ring (bicyclic) bond motifs is 2. The van der Waals surface area contributed by atoms with Crippen LogP contribution in [-0.2, 0) is 11.3 Å². The number of primary amides is 1. The Morgan fingerprint density at radius 1 is 1.30 bits per heavy atom. The van der Waals surface area contributed by atoms with Gasteiger partial charge in [0.25, 0.3) is 17.7 Å². The number of hydrogen-bond acceptors (Lipinski definition) is 6. The summed E-state index contributed by atoms with van der Waals surface area (Å²) >= 11 is 0. The van der Waals surface area contributed by atoms with Crippen LogP contribution in [0.1, 0.15) is 26.4 Å². The second-order valence-corrected chi connectivity index (χ2v) is 5.86. The van der Waals surface area contributed by atoms with Crippen LogP contribution in [0.4, 0.5) is 5.69 Å². The van der Waals surface area contributed by atoms with E-state index in [2.05, 4.69) is 25.6 Å². The minimum absolute atomic E-state index is 0.0176. The number of anilines is 1. The van der Waals surface area contributed by atoms with E-state index in [1.54, 1.807) is 18.2 Å². The molecule has 10 heteroatoms. The normalized spacial score (nSPS) is 12.8. The van der Waals surface area contributed by atoms with E-state index >= 15 is 0 Å². The Hall–Kier alpha value is -3.95. The predicted octanol–water partition coefficient (Wildman–Crippen LogP) is 0.318. The van der Waals surface area contributed by atoms with Crippen LogP contribution in [0.5, 0.6) is 5.75 Å². The number of aromatic nitrogens is 3. The molecular formula is C17H14N6O4. The molecule has 1 aliphatic rings. The van der Waals surface area contributed by atoms with Crippen molar-refractivity contribution in [1.82, 2.24) is 20.3 Å². The van der Waals surface area contributed by atoms with Crippen molar-refractivity contribution in [2.75, 3.05) is 11.9 Å². The number of amides is 3. The molecule has 10 nitrogen and oxygen atoms in total. The number of carbonyl (C=O) groups excluding carboxylic acids is 3. The van der Waals surface area contributed by atoms with Crippen LogP contribution < -0.4 is 21.1 Å². The lowest BCUT2D eigenvalue weighted by atomic mass is 10.1. The van der Waals surface area contributed by atoms with E-state index in [9.17, 15) is 14.4 Å². The second-order valence-electron chi connectivity index (χ2n) is 5.86. The van der Waals surface area contributed by atoms with Crippen molar-refractivity contribution in [2.45, 2.75) is 6.54 Å². The first-order valence-electron chi connectivity index (χ1n) is 7.98. The fourth-order valence-corrected chi connectivity index (χ4v) is 2.81. The van der Waals surface area contributed by atoms with Gasteiger partial charge in [-0.25, -0.2) is 9.97 Å². The summed E-state index contributed by atoms with van der Waals surface area (Å²) in [4.78, 5) is 46.1. The molecule has 2 aromatic heterocycles. The maximum absolute atomic E-state index is 12.5. The van der Waals surface area contributed by atoms with Crippen molar-refractivity contribution in [2.24, 2.45) is 5.73 Å². The number of H-pyrrole nitrogens is 1. The quantitative estimate of drug-likeness (QED) is 0.522. The van der Waals surface area contributed by atoms with Crippen molar-refractivity contribution in [1.29, 1.82) is 0 Å². The Kier molecular flexibility index (Phi) is 3.92. The van der Waals surface area contributed by atoms with Crippen LogP contribution in [0.2, 0.25) is 0 Å². The summed E-state index contributed by atoms with van der Waals surface area (Å²) in [6.07, 6.45) is 2.59. The number of nitrogens with zero attached hydrogens (tertiary/aromatic N) is 2. The average Bonchev–Trinajstić information content (AvgIpc) is 3.10. The van der Waals surface area contributed by atoms with Crippen molar-refractivity contribution in [3.8, 4) is 5.75 Å². The molecule has 0 bridgehead atoms. The molecular weight excluding hydrogens is 352 g/mol. The van der Waals surface area contributed by atoms with Gasteiger partial charge in [0.1, 0.15) is 17.6 Å². The lowest BCUT2D eigenvalue weighted by Gasteiger charge is -2.18. The maximum Gasteiger partial charge on any atom is 0.272 e. The highest BCUT2D eigenvalue weighted by molar-refractivity contribution is 6.10. The zero-order chi connectivity index (χ0) is 19.0. The Labute approximate surface area is 152 Å². The first kappa shape index (κ1) is 16.5. The van der Waals surface area contributed by atoms with Gasteiger partial charge in [0.05, 0.1) is 16.8 Å². The second kappa shape index (κ2) is 6.41. The molecule has 0 atom stereocenters. The van der Waals surface area contributed by atoms with Crippen LogP contribution in [0.25, 0.3) is 11.0 Å². The van der Waals surface area contributed by atoms with Gasteiger partial charge in [0.15, 0.2) is 12.3 Å². The van der Waals surface area contributed by atoms with Gasteiger partial charge >= 0.3 is 0 Å². The maximum atomic E-state index is 12.5. The number of aromatic amines is 1. The molecule has 136 valence electrons. The minimum atomic E-state index is -0.648. The molecule has 0 saturated heterocycles. The third-order valence-electron chi connectivity index (χ3n) is 4.07. The highest BCUT2D eigenvalue weighted by Crippen LogP contribution is 2.28. The molecule has 4 rings (SSSR count). The monoisotopic (exact) mass is 366 g/mol. The average molecular weight is 366 g/mol. The number of nitrogens with two attached hydrogens (primary N) is 1. The summed E-state index contributed by atoms with van der Waals surface area (Å²) in [5.41, 5.74) is 7.51. The van der Waals surface area contributed by atoms with Crippen LogP contribution in [0, 0.1) is 0 Å². The summed E-state index contributed by atoms with van der Waals surface area (Å²) in [6, 6.07) is 5.23. The molecule has 0 unspecified atom stereocenters. The topological polar surface area (TPSA) is 152 Å². The first-order chi connectivity index (χ1) is 13.0. The molecule has 0 radical (unpaired) electrons. The van der Waals surface area contributed by atoms with Gasteiger partial charge in [-0.3, -0.25) is 14.4 Å². The largest absolute Gasteiger partial charge is 0.482 e. The number of carbonyl (C=O) groups is 3. The fourth-order valence-electron chi connectivity index (χ4n) is 2.81. The molecule has 3 amide bonds. The zero-order valence-electron chi connectivity index (χ0n) is 13.9. The summed E-state index contributed by atoms with van der Waals surface area (Å²) < 4.78 is 5.30. The first-order valence-corrected chi connectivity index (χ1v) is 7.98. The molecule has 0 saturated carbocycles. The Balaban J connectivity index is 1.54. The molecule has 0 spiro atoms. The van der Waals surface area contributed by atoms with E-state index in [-0.39, 0.29) is 35.8 Å². The van der Waals surface area contributed by atoms with Crippen LogP contribution in [-0.4, -0.2) is 39.3 Å². The number of ether oxygens (including phenoxy) is 1. The zero-order valence-corrected chi connectivity index (χ0v) is 13.9. The van der Waals surface area contributed by atoms with Crippen molar-refractivity contribution >= 4 is 34.4 Å². The van der Waals surface area contributed by atoms with E-state index in [0.717, 1.165) is 5.56 Å². The van der Waals surface area contributed by atoms with Gasteiger partial charge < -0.3 is 26.1 Å². The van der Waals surface area contributed by atoms with E-state index in [1.165, 1.54) is 12.5 Å². The van der Waals surface area contributed by atoms with E-state index < -0.39 is 11.8 Å². The van der Waals surface area contributed by atoms with Crippen LogP contribution >= 0.6 is 0 Å². The van der Waals surface area contributed by atoms with Gasteiger partial charge in [-0.15, -0.1) is 0 Å². The highest BCUT2D eigenvalue weighted by atomic mass is 16.5. The van der Waals surface area contributed by atoms with E-state index in [4.69, 9.17) is 10.5 Å². The smallest absolute Gasteiger partial charge is 0.272 e. The molecule has 0 aliphatic carbocycles. The van der Waals surface area contributed by atoms with Crippen LogP contribution in [0.15, 0.2) is 30.7 Å². The number of nitrogens with one attached hydrogen (secondary N) is 3. The van der Waals surface area contributed by atoms with Gasteiger partial charge in [0, 0.05) is 12.7 Å². The highest BCUT2D eigenvalue weighted by Gasteiger charge is 2.19. The Morgan fingerprint density at radius 2 is 2.15 bits per heavy atom. The number of rotatable bonds is 4. The van der Waals surface area contributed by atoms with Crippen molar-refractivity contribution in [3.63, 3.8) is 0 Å². The summed E-state index contributed by atoms with van der Waals surface area (Å²) in [5, 5.41) is 5.46. The van der Waals surface area contributed by atoms with Gasteiger partial charge in [0.2, 0.25) is 0 Å². The molecule has 3 aromatic rings. The molecule has 27 heavy (non-hydrogen) atoms. The van der Waals surface area contributed by atoms with Gasteiger partial charge in [-0.1, -0.05) is 6.07 Å². The SMILES string of the molecule is NC(=O)c1c[nH]c2c(C(=O)NCc3ccc4c(c3)NC(=O)CO4)ncnc12. The third kappa shape index (κ3) is 3.03. The van der Waals surface area contributed by atoms with Crippen LogP contribution in [0.3, 0.4) is 0 Å². The van der Waals surface area contributed by atoms with Crippen molar-refractivity contribution < 1.29 is 19.1 Å². The number of hydrogen-bond donors (Lipinski definition) is 4. The standard InChI is InChI=1S/C17H14N6O4/c18-16(25)9-5-19-14-13(9)21-7-22-15(14)17(26)20-4-8-1-2-11-10(3-8)23-12(24)6-27-11/h1-3,5,7,19H,4,6H2,(H2,18,25)(H,20,26)(H,23,24). The summed E-state index contributed by atoms with van der Waals surface area (Å²) in [7, 11) is 0. The molecule has 5 N–H and O–H groups in total. The van der Waals surface area contributed by atoms with E-state index in [1.807, 2.05) is 0 Å². The summed E-state index contributed by atoms with van der Waals surface area (Å²) in [5.74, 6) is -0.750. The number of benzene rings is 1. The molecule has 1 aromatic carbocycles. The predicted molar refractivity (Wildman–Crippen MR) is 94.1 cm³/mol. The molecule has 3 heterocycles. The summed E-state index contributed by atoms with van der Waals surface area (Å²) in [6.45, 7) is 0.188. The minimum Gasteiger partial charge on any atom is -0.482 e. The Morgan fingerprint density at radius 3 is 2.96 bits per heavy atom. The third-order valence-corrected chi connectivity index (χ3v) is 4.07. The molecule has 0 fully saturated rings. The van der Waals surface area contributed by atoms with Crippen molar-refractivity contribution in [3.05, 3.63) is 47.5 Å². The lowest BCUT2D eigenvalue weighted by molar-refractivity contribution is -0.118.